The number of benzene rings is 3. The number of hydrogen-bond donors (Lipinski definition) is 0. The van der Waals surface area contributed by atoms with Crippen LogP contribution in [0.1, 0.15) is 16.8 Å². The zero-order valence-electron chi connectivity index (χ0n) is 18.4. The number of esters is 1. The van der Waals surface area contributed by atoms with Crippen molar-refractivity contribution in [2.24, 2.45) is 5.92 Å². The van der Waals surface area contributed by atoms with Gasteiger partial charge in [-0.15, -0.1) is 0 Å². The first-order chi connectivity index (χ1) is 16.4. The Morgan fingerprint density at radius 1 is 0.912 bits per heavy atom. The van der Waals surface area contributed by atoms with E-state index in [-0.39, 0.29) is 24.4 Å². The highest BCUT2D eigenvalue weighted by molar-refractivity contribution is 6.01. The van der Waals surface area contributed by atoms with Gasteiger partial charge >= 0.3 is 5.97 Å². The summed E-state index contributed by atoms with van der Waals surface area (Å²) in [4.78, 5) is 38.5. The van der Waals surface area contributed by atoms with Crippen molar-refractivity contribution in [1.29, 1.82) is 0 Å². The first-order valence-corrected chi connectivity index (χ1v) is 10.6. The van der Waals surface area contributed by atoms with Crippen LogP contribution in [0.25, 0.3) is 0 Å². The smallest absolute Gasteiger partial charge is 0.311 e. The topological polar surface area (TPSA) is 82.1 Å². The van der Waals surface area contributed by atoms with Gasteiger partial charge < -0.3 is 19.1 Å². The number of hydrogen-bond acceptors (Lipinski definition) is 6. The van der Waals surface area contributed by atoms with Crippen LogP contribution in [0.5, 0.6) is 17.2 Å². The van der Waals surface area contributed by atoms with Crippen molar-refractivity contribution in [3.63, 3.8) is 0 Å². The largest absolute Gasteiger partial charge is 0.497 e. The van der Waals surface area contributed by atoms with Crippen molar-refractivity contribution in [3.05, 3.63) is 84.2 Å². The maximum atomic E-state index is 13.0. The second kappa shape index (κ2) is 10.2. The molecule has 1 saturated heterocycles. The highest BCUT2D eigenvalue weighted by Crippen LogP contribution is 2.29. The number of halogens is 1. The molecule has 1 atom stereocenters. The Kier molecular flexibility index (Phi) is 6.87. The average molecular weight is 463 g/mol. The van der Waals surface area contributed by atoms with Crippen LogP contribution in [0.3, 0.4) is 0 Å². The number of ether oxygens (including phenoxy) is 3. The summed E-state index contributed by atoms with van der Waals surface area (Å²) in [6.45, 7) is -0.312. The van der Waals surface area contributed by atoms with E-state index in [1.165, 1.54) is 17.0 Å². The van der Waals surface area contributed by atoms with Crippen molar-refractivity contribution in [2.75, 3.05) is 25.2 Å². The predicted molar refractivity (Wildman–Crippen MR) is 122 cm³/mol. The van der Waals surface area contributed by atoms with Crippen LogP contribution in [0.15, 0.2) is 72.8 Å². The van der Waals surface area contributed by atoms with Crippen molar-refractivity contribution in [3.8, 4) is 17.2 Å². The minimum absolute atomic E-state index is 0.00628. The molecule has 0 spiro atoms. The van der Waals surface area contributed by atoms with Crippen LogP contribution in [-0.4, -0.2) is 37.9 Å². The van der Waals surface area contributed by atoms with Crippen molar-refractivity contribution >= 4 is 23.3 Å². The van der Waals surface area contributed by atoms with E-state index < -0.39 is 30.1 Å². The number of ketones is 1. The predicted octanol–water partition coefficient (Wildman–Crippen LogP) is 4.41. The molecular formula is C26H22FNO6. The molecule has 174 valence electrons. The quantitative estimate of drug-likeness (QED) is 0.364. The Morgan fingerprint density at radius 2 is 1.50 bits per heavy atom. The van der Waals surface area contributed by atoms with Gasteiger partial charge in [-0.25, -0.2) is 4.39 Å². The zero-order chi connectivity index (χ0) is 24.1. The molecule has 1 aliphatic rings. The summed E-state index contributed by atoms with van der Waals surface area (Å²) in [7, 11) is 1.59. The third-order valence-electron chi connectivity index (χ3n) is 5.41. The fourth-order valence-electron chi connectivity index (χ4n) is 3.56. The summed E-state index contributed by atoms with van der Waals surface area (Å²) in [6.07, 6.45) is -0.00628. The fourth-order valence-corrected chi connectivity index (χ4v) is 3.56. The maximum absolute atomic E-state index is 13.0. The molecule has 0 bridgehead atoms. The number of amides is 1. The Morgan fingerprint density at radius 3 is 2.12 bits per heavy atom. The van der Waals surface area contributed by atoms with Crippen LogP contribution in [0.2, 0.25) is 0 Å². The van der Waals surface area contributed by atoms with E-state index in [1.54, 1.807) is 55.6 Å². The Balaban J connectivity index is 1.32. The molecule has 0 aromatic heterocycles. The lowest BCUT2D eigenvalue weighted by Gasteiger charge is -2.17. The number of carbonyl (C=O) groups is 3. The molecular weight excluding hydrogens is 441 g/mol. The molecule has 3 aromatic carbocycles. The SMILES string of the molecule is COc1ccc(Oc2ccc(N3C[C@H](C(=O)OCC(=O)c4ccc(F)cc4)CC3=O)cc2)cc1. The van der Waals surface area contributed by atoms with Crippen LogP contribution < -0.4 is 14.4 Å². The zero-order valence-corrected chi connectivity index (χ0v) is 18.4. The van der Waals surface area contributed by atoms with Gasteiger partial charge in [-0.3, -0.25) is 14.4 Å². The number of nitrogens with zero attached hydrogens (tertiary/aromatic N) is 1. The van der Waals surface area contributed by atoms with Crippen LogP contribution >= 0.6 is 0 Å². The summed E-state index contributed by atoms with van der Waals surface area (Å²) in [5.41, 5.74) is 0.875. The second-order valence-corrected chi connectivity index (χ2v) is 7.71. The van der Waals surface area contributed by atoms with Crippen LogP contribution in [-0.2, 0) is 14.3 Å². The molecule has 1 amide bonds. The normalized spacial score (nSPS) is 15.2. The van der Waals surface area contributed by atoms with Gasteiger partial charge in [0.2, 0.25) is 5.91 Å². The Hall–Kier alpha value is -4.20. The molecule has 34 heavy (non-hydrogen) atoms. The lowest BCUT2D eigenvalue weighted by atomic mass is 10.1. The van der Waals surface area contributed by atoms with Crippen LogP contribution in [0.4, 0.5) is 10.1 Å². The van der Waals surface area contributed by atoms with Gasteiger partial charge in [0.15, 0.2) is 12.4 Å². The fraction of sp³-hybridized carbons (Fsp3) is 0.192. The first kappa shape index (κ1) is 23.0. The molecule has 3 aromatic rings. The van der Waals surface area contributed by atoms with Gasteiger partial charge in [0.05, 0.1) is 13.0 Å². The van der Waals surface area contributed by atoms with E-state index in [1.807, 2.05) is 0 Å². The number of rotatable bonds is 8. The average Bonchev–Trinajstić information content (AvgIpc) is 3.25. The first-order valence-electron chi connectivity index (χ1n) is 10.6. The molecule has 0 radical (unpaired) electrons. The van der Waals surface area contributed by atoms with E-state index in [2.05, 4.69) is 0 Å². The maximum Gasteiger partial charge on any atom is 0.311 e. The van der Waals surface area contributed by atoms with Gasteiger partial charge in [0, 0.05) is 24.2 Å². The summed E-state index contributed by atoms with van der Waals surface area (Å²) in [5.74, 6) is -0.451. The van der Waals surface area contributed by atoms with E-state index >= 15 is 0 Å². The molecule has 0 saturated carbocycles. The van der Waals surface area contributed by atoms with E-state index in [4.69, 9.17) is 14.2 Å². The summed E-state index contributed by atoms with van der Waals surface area (Å²) in [6, 6.07) is 19.1. The minimum atomic E-state index is -0.677. The van der Waals surface area contributed by atoms with Gasteiger partial charge in [0.25, 0.3) is 0 Å². The highest BCUT2D eigenvalue weighted by Gasteiger charge is 2.36. The van der Waals surface area contributed by atoms with Gasteiger partial charge in [-0.05, 0) is 72.8 Å². The van der Waals surface area contributed by atoms with Gasteiger partial charge in [0.1, 0.15) is 23.1 Å². The minimum Gasteiger partial charge on any atom is -0.497 e. The summed E-state index contributed by atoms with van der Waals surface area (Å²) in [5, 5.41) is 0. The molecule has 1 fully saturated rings. The van der Waals surface area contributed by atoms with Crippen molar-refractivity contribution < 1.29 is 33.0 Å². The Labute approximate surface area is 195 Å². The molecule has 0 unspecified atom stereocenters. The van der Waals surface area contributed by atoms with Gasteiger partial charge in [-0.2, -0.15) is 0 Å². The van der Waals surface area contributed by atoms with E-state index in [9.17, 15) is 18.8 Å². The number of carbonyl (C=O) groups excluding carboxylic acids is 3. The van der Waals surface area contributed by atoms with Crippen molar-refractivity contribution in [2.45, 2.75) is 6.42 Å². The van der Waals surface area contributed by atoms with E-state index in [0.29, 0.717) is 17.2 Å². The monoisotopic (exact) mass is 463 g/mol. The highest BCUT2D eigenvalue weighted by atomic mass is 19.1. The van der Waals surface area contributed by atoms with Gasteiger partial charge in [-0.1, -0.05) is 0 Å². The second-order valence-electron chi connectivity index (χ2n) is 7.71. The number of anilines is 1. The third kappa shape index (κ3) is 5.40. The third-order valence-corrected chi connectivity index (χ3v) is 5.41. The van der Waals surface area contributed by atoms with Crippen LogP contribution in [0, 0.1) is 11.7 Å². The Bertz CT molecular complexity index is 1180. The number of Topliss-reactive ketones (excluding diaryl/α,β-unsaturated/α-hetero) is 1. The summed E-state index contributed by atoms with van der Waals surface area (Å²) < 4.78 is 29.0. The standard InChI is InChI=1S/C26H22FNO6/c1-32-21-10-12-23(13-11-21)34-22-8-6-20(7-9-22)28-15-18(14-25(28)30)26(31)33-16-24(29)17-2-4-19(27)5-3-17/h2-13,18H,14-16H2,1H3/t18-/m1/s1. The molecule has 7 nitrogen and oxygen atoms in total. The van der Waals surface area contributed by atoms with E-state index in [0.717, 1.165) is 17.9 Å². The van der Waals surface area contributed by atoms with Crippen molar-refractivity contribution in [1.82, 2.24) is 0 Å². The molecule has 1 heterocycles. The molecule has 4 rings (SSSR count). The molecule has 1 aliphatic heterocycles. The lowest BCUT2D eigenvalue weighted by molar-refractivity contribution is -0.147. The lowest BCUT2D eigenvalue weighted by Crippen LogP contribution is -2.27. The summed E-state index contributed by atoms with van der Waals surface area (Å²) >= 11 is 0. The molecule has 0 aliphatic carbocycles. The molecule has 8 heteroatoms. The molecule has 0 N–H and O–H groups in total. The number of methoxy groups -OCH3 is 1.